The second-order valence-corrected chi connectivity index (χ2v) is 19.0. The van der Waals surface area contributed by atoms with E-state index >= 15 is 0 Å². The van der Waals surface area contributed by atoms with E-state index < -0.39 is 0 Å². The van der Waals surface area contributed by atoms with Crippen molar-refractivity contribution in [3.63, 3.8) is 0 Å². The molecule has 4 aliphatic carbocycles. The lowest BCUT2D eigenvalue weighted by atomic mass is 9.50. The van der Waals surface area contributed by atoms with Crippen molar-refractivity contribution in [1.82, 2.24) is 4.57 Å². The fraction of sp³-hybridized carbons (Fsp3) is 0.213. The van der Waals surface area contributed by atoms with Gasteiger partial charge in [0.1, 0.15) is 0 Å². The van der Waals surface area contributed by atoms with Gasteiger partial charge in [-0.1, -0.05) is 189 Å². The van der Waals surface area contributed by atoms with E-state index in [1.165, 1.54) is 73.7 Å². The van der Waals surface area contributed by atoms with E-state index in [2.05, 4.69) is 219 Å². The second-order valence-electron chi connectivity index (χ2n) is 19.0. The summed E-state index contributed by atoms with van der Waals surface area (Å²) in [4.78, 5) is 11.1. The molecule has 1 aliphatic heterocycles. The number of para-hydroxylation sites is 1. The molecule has 7 atom stereocenters. The molecular weight excluding hydrogens is 775 g/mol. The van der Waals surface area contributed by atoms with Crippen LogP contribution in [-0.4, -0.2) is 16.1 Å². The number of hydrogen-bond donors (Lipinski definition) is 0. The first-order valence-electron chi connectivity index (χ1n) is 23.5. The van der Waals surface area contributed by atoms with Gasteiger partial charge in [-0.05, 0) is 113 Å². The molecule has 6 aromatic carbocycles. The maximum Gasteiger partial charge on any atom is 0.155 e. The highest BCUT2D eigenvalue weighted by Gasteiger charge is 2.52. The number of benzene rings is 6. The first-order chi connectivity index (χ1) is 31.5. The first-order valence-corrected chi connectivity index (χ1v) is 23.5. The smallest absolute Gasteiger partial charge is 0.155 e. The summed E-state index contributed by atoms with van der Waals surface area (Å²) >= 11 is 0. The van der Waals surface area contributed by atoms with E-state index in [0.29, 0.717) is 17.8 Å². The quantitative estimate of drug-likeness (QED) is 0.160. The van der Waals surface area contributed by atoms with E-state index in [1.807, 2.05) is 0 Å². The third-order valence-corrected chi connectivity index (χ3v) is 15.3. The van der Waals surface area contributed by atoms with Gasteiger partial charge in [-0.15, -0.1) is 0 Å². The van der Waals surface area contributed by atoms with Gasteiger partial charge in [-0.25, -0.2) is 4.99 Å². The van der Waals surface area contributed by atoms with Gasteiger partial charge in [0.05, 0.1) is 22.8 Å². The highest BCUT2D eigenvalue weighted by molar-refractivity contribution is 6.14. The molecule has 1 fully saturated rings. The van der Waals surface area contributed by atoms with E-state index in [1.54, 1.807) is 5.57 Å². The number of aromatic nitrogens is 1. The maximum atomic E-state index is 5.56. The van der Waals surface area contributed by atoms with Crippen molar-refractivity contribution in [2.24, 2.45) is 39.1 Å². The predicted molar refractivity (Wildman–Crippen MR) is 267 cm³/mol. The van der Waals surface area contributed by atoms with Crippen LogP contribution in [0.3, 0.4) is 0 Å². The summed E-state index contributed by atoms with van der Waals surface area (Å²) in [6, 6.07) is 57.8. The molecule has 0 saturated heterocycles. The summed E-state index contributed by atoms with van der Waals surface area (Å²) in [5.74, 6) is 2.53. The summed E-state index contributed by atoms with van der Waals surface area (Å²) < 4.78 is 2.46. The second kappa shape index (κ2) is 15.7. The lowest BCUT2D eigenvalue weighted by molar-refractivity contribution is 0.172. The van der Waals surface area contributed by atoms with Gasteiger partial charge in [-0.2, -0.15) is 0 Å². The summed E-state index contributed by atoms with van der Waals surface area (Å²) in [5, 5.41) is 2.64. The number of aliphatic imine (C=N–C) groups is 2. The molecule has 0 radical (unpaired) electrons. The molecule has 5 aliphatic rings. The van der Waals surface area contributed by atoms with Crippen LogP contribution in [0.5, 0.6) is 0 Å². The molecule has 0 amide bonds. The zero-order chi connectivity index (χ0) is 42.8. The number of fused-ring (bicyclic) bond motifs is 8. The molecule has 7 aromatic rings. The SMILES string of the molecule is CC1CC(c2ccccc2)N=C(C2=CC3C(C=C2)C2C(=C4C=CC=CC43C)CCCC2c2ccc3c(c2)c2ccccc2n3-c2ccc(-c3ccccc3)cc2)N=C1c1ccccc1. The van der Waals surface area contributed by atoms with Crippen LogP contribution in [0.4, 0.5) is 0 Å². The van der Waals surface area contributed by atoms with Gasteiger partial charge in [-0.3, -0.25) is 4.99 Å². The van der Waals surface area contributed by atoms with E-state index in [-0.39, 0.29) is 23.3 Å². The van der Waals surface area contributed by atoms with Crippen LogP contribution in [0, 0.1) is 29.1 Å². The number of rotatable bonds is 6. The van der Waals surface area contributed by atoms with E-state index in [4.69, 9.17) is 9.98 Å². The Hall–Kier alpha value is -6.84. The Bertz CT molecular complexity index is 3140. The van der Waals surface area contributed by atoms with Crippen LogP contribution < -0.4 is 0 Å². The third-order valence-electron chi connectivity index (χ3n) is 15.3. The maximum absolute atomic E-state index is 5.56. The summed E-state index contributed by atoms with van der Waals surface area (Å²) in [5.41, 5.74) is 15.4. The van der Waals surface area contributed by atoms with Crippen LogP contribution >= 0.6 is 0 Å². The van der Waals surface area contributed by atoms with Crippen LogP contribution in [0.25, 0.3) is 38.6 Å². The Morgan fingerprint density at radius 2 is 1.36 bits per heavy atom. The zero-order valence-electron chi connectivity index (χ0n) is 36.7. The molecule has 0 bridgehead atoms. The fourth-order valence-electron chi connectivity index (χ4n) is 12.3. The van der Waals surface area contributed by atoms with Gasteiger partial charge >= 0.3 is 0 Å². The van der Waals surface area contributed by atoms with Crippen molar-refractivity contribution in [3.8, 4) is 16.8 Å². The monoisotopic (exact) mass is 827 g/mol. The van der Waals surface area contributed by atoms with E-state index in [0.717, 1.165) is 30.0 Å². The van der Waals surface area contributed by atoms with Gasteiger partial charge in [0.25, 0.3) is 0 Å². The fourth-order valence-corrected chi connectivity index (χ4v) is 12.3. The molecule has 2 heterocycles. The molecule has 312 valence electrons. The normalized spacial score (nSPS) is 26.1. The Balaban J connectivity index is 0.955. The zero-order valence-corrected chi connectivity index (χ0v) is 36.7. The van der Waals surface area contributed by atoms with Crippen molar-refractivity contribution in [3.05, 3.63) is 234 Å². The molecule has 1 aromatic heterocycles. The summed E-state index contributed by atoms with van der Waals surface area (Å²) in [6.45, 7) is 4.82. The molecule has 64 heavy (non-hydrogen) atoms. The standard InChI is InChI=1S/C61H53N3/c1-40-37-55(43-19-8-4-9-20-43)62-60(63-59(40)44-21-10-5-11-22-44)46-30-34-51-54(39-46)61(2)36-15-14-26-53(61)50-25-16-24-48(58(50)51)45-31-35-57-52(38-45)49-23-12-13-27-56(49)64(57)47-32-28-42(29-33-47)41-17-6-3-7-18-41/h3-15,17-23,26-36,38-40,48,51,54-55,58H,16,24-25,37H2,1-2H3. The van der Waals surface area contributed by atoms with Gasteiger partial charge in [0, 0.05) is 33.4 Å². The molecule has 12 rings (SSSR count). The largest absolute Gasteiger partial charge is 0.309 e. The van der Waals surface area contributed by atoms with Crippen molar-refractivity contribution in [1.29, 1.82) is 0 Å². The lowest BCUT2D eigenvalue weighted by Crippen LogP contribution is -2.45. The Morgan fingerprint density at radius 1 is 0.656 bits per heavy atom. The predicted octanol–water partition coefficient (Wildman–Crippen LogP) is 15.2. The molecular formula is C61H53N3. The van der Waals surface area contributed by atoms with Crippen LogP contribution in [0.1, 0.15) is 68.2 Å². The van der Waals surface area contributed by atoms with Crippen molar-refractivity contribution < 1.29 is 0 Å². The van der Waals surface area contributed by atoms with Gasteiger partial charge in [0.15, 0.2) is 5.84 Å². The van der Waals surface area contributed by atoms with Crippen molar-refractivity contribution >= 4 is 33.4 Å². The van der Waals surface area contributed by atoms with Crippen LogP contribution in [0.15, 0.2) is 227 Å². The van der Waals surface area contributed by atoms with Gasteiger partial charge < -0.3 is 4.57 Å². The average Bonchev–Trinajstić information content (AvgIpc) is 3.57. The highest BCUT2D eigenvalue weighted by atomic mass is 15.0. The van der Waals surface area contributed by atoms with Gasteiger partial charge in [0.2, 0.25) is 0 Å². The van der Waals surface area contributed by atoms with Crippen molar-refractivity contribution in [2.75, 3.05) is 0 Å². The number of amidine groups is 1. The Labute approximate surface area is 377 Å². The summed E-state index contributed by atoms with van der Waals surface area (Å²) in [7, 11) is 0. The first kappa shape index (κ1) is 38.8. The third kappa shape index (κ3) is 6.47. The minimum Gasteiger partial charge on any atom is -0.309 e. The lowest BCUT2D eigenvalue weighted by Gasteiger charge is -2.54. The average molecular weight is 828 g/mol. The number of nitrogens with zero attached hydrogens (tertiary/aromatic N) is 3. The van der Waals surface area contributed by atoms with Crippen LogP contribution in [-0.2, 0) is 0 Å². The summed E-state index contributed by atoms with van der Waals surface area (Å²) in [6.07, 6.45) is 21.5. The Kier molecular flexibility index (Phi) is 9.55. The van der Waals surface area contributed by atoms with Crippen molar-refractivity contribution in [2.45, 2.75) is 51.5 Å². The minimum atomic E-state index is -0.125. The topological polar surface area (TPSA) is 29.6 Å². The Morgan fingerprint density at radius 3 is 2.16 bits per heavy atom. The minimum absolute atomic E-state index is 0.0296. The van der Waals surface area contributed by atoms with E-state index in [9.17, 15) is 0 Å². The molecule has 7 unspecified atom stereocenters. The molecule has 0 spiro atoms. The number of hydrogen-bond acceptors (Lipinski definition) is 2. The highest BCUT2D eigenvalue weighted by Crippen LogP contribution is 2.61. The number of allylic oxidation sites excluding steroid dienone is 8. The molecule has 1 saturated carbocycles. The molecule has 3 heteroatoms. The molecule has 0 N–H and O–H groups in total. The van der Waals surface area contributed by atoms with Crippen LogP contribution in [0.2, 0.25) is 0 Å². The molecule has 3 nitrogen and oxygen atoms in total.